The third-order valence-electron chi connectivity index (χ3n) is 7.57. The van der Waals surface area contributed by atoms with Crippen molar-refractivity contribution in [1.29, 1.82) is 0 Å². The van der Waals surface area contributed by atoms with E-state index in [0.717, 1.165) is 49.0 Å². The van der Waals surface area contributed by atoms with Crippen LogP contribution in [0.15, 0.2) is 34.1 Å². The van der Waals surface area contributed by atoms with Crippen LogP contribution in [0.1, 0.15) is 36.5 Å². The van der Waals surface area contributed by atoms with Gasteiger partial charge in [0.1, 0.15) is 0 Å². The zero-order valence-electron chi connectivity index (χ0n) is 19.4. The first kappa shape index (κ1) is 22.3. The van der Waals surface area contributed by atoms with Crippen molar-refractivity contribution >= 4 is 22.4 Å². The van der Waals surface area contributed by atoms with E-state index in [0.29, 0.717) is 27.7 Å². The summed E-state index contributed by atoms with van der Waals surface area (Å²) in [6.07, 6.45) is 7.88. The third kappa shape index (κ3) is 4.13. The van der Waals surface area contributed by atoms with Gasteiger partial charge in [0.05, 0.1) is 22.8 Å². The average molecular weight is 468 g/mol. The summed E-state index contributed by atoms with van der Waals surface area (Å²) in [4.78, 5) is 26.8. The van der Waals surface area contributed by atoms with Crippen LogP contribution in [0.25, 0.3) is 10.8 Å². The number of fused-ring (bicyclic) bond motifs is 1. The highest BCUT2D eigenvalue weighted by molar-refractivity contribution is 6.35. The lowest BCUT2D eigenvalue weighted by molar-refractivity contribution is -0.0979. The number of rotatable bonds is 6. The first-order valence-electron chi connectivity index (χ1n) is 11.6. The monoisotopic (exact) mass is 467 g/mol. The average Bonchev–Trinajstić information content (AvgIpc) is 2.72. The Hall–Kier alpha value is -2.51. The predicted octanol–water partition coefficient (Wildman–Crippen LogP) is 3.11. The summed E-state index contributed by atoms with van der Waals surface area (Å²) >= 11 is 6.33. The Balaban J connectivity index is 1.15. The predicted molar refractivity (Wildman–Crippen MR) is 130 cm³/mol. The second-order valence-electron chi connectivity index (χ2n) is 10.4. The van der Waals surface area contributed by atoms with Crippen LogP contribution in [0.5, 0.6) is 0 Å². The molecule has 0 radical (unpaired) electrons. The van der Waals surface area contributed by atoms with Gasteiger partial charge in [0.2, 0.25) is 0 Å². The molecule has 0 unspecified atom stereocenters. The van der Waals surface area contributed by atoms with Gasteiger partial charge in [0.25, 0.3) is 11.1 Å². The van der Waals surface area contributed by atoms with Gasteiger partial charge in [-0.3, -0.25) is 9.59 Å². The Morgan fingerprint density at radius 1 is 1.21 bits per heavy atom. The summed E-state index contributed by atoms with van der Waals surface area (Å²) in [5.41, 5.74) is 3.23. The Kier molecular flexibility index (Phi) is 5.65. The number of H-pyrrole nitrogens is 1. The Bertz CT molecular complexity index is 1320. The normalized spacial score (nSPS) is 18.9. The quantitative estimate of drug-likeness (QED) is 0.602. The van der Waals surface area contributed by atoms with Crippen molar-refractivity contribution in [1.82, 2.24) is 24.9 Å². The van der Waals surface area contributed by atoms with Gasteiger partial charge in [-0.15, -0.1) is 0 Å². The van der Waals surface area contributed by atoms with E-state index in [-0.39, 0.29) is 11.1 Å². The van der Waals surface area contributed by atoms with Crippen molar-refractivity contribution in [3.05, 3.63) is 66.9 Å². The van der Waals surface area contributed by atoms with Gasteiger partial charge in [-0.2, -0.15) is 10.2 Å². The Morgan fingerprint density at radius 3 is 2.73 bits per heavy atom. The van der Waals surface area contributed by atoms with E-state index in [1.54, 1.807) is 19.4 Å². The Labute approximate surface area is 197 Å². The number of nitrogens with zero attached hydrogens (tertiary/aromatic N) is 4. The molecule has 33 heavy (non-hydrogen) atoms. The molecule has 1 N–H and O–H groups in total. The molecule has 3 heterocycles. The lowest BCUT2D eigenvalue weighted by atomic mass is 9.56. The molecule has 1 saturated carbocycles. The maximum absolute atomic E-state index is 12.5. The number of aromatic amines is 1. The van der Waals surface area contributed by atoms with Crippen LogP contribution in [0, 0.1) is 24.2 Å². The van der Waals surface area contributed by atoms with Crippen LogP contribution >= 0.6 is 11.6 Å². The van der Waals surface area contributed by atoms with E-state index in [1.807, 2.05) is 13.0 Å². The minimum Gasteiger partial charge on any atom is -0.302 e. The minimum absolute atomic E-state index is 0.0901. The number of nitrogens with one attached hydrogen (secondary N) is 1. The molecule has 174 valence electrons. The second kappa shape index (κ2) is 8.37. The first-order chi connectivity index (χ1) is 15.7. The molecule has 1 spiro atoms. The number of hydrogen-bond donors (Lipinski definition) is 1. The molecule has 1 atom stereocenters. The van der Waals surface area contributed by atoms with Gasteiger partial charge in [0, 0.05) is 37.6 Å². The van der Waals surface area contributed by atoms with E-state index in [2.05, 4.69) is 33.2 Å². The lowest BCUT2D eigenvalue weighted by Gasteiger charge is -2.60. The minimum atomic E-state index is -0.140. The van der Waals surface area contributed by atoms with E-state index < -0.39 is 0 Å². The number of benzene rings is 1. The maximum atomic E-state index is 12.5. The van der Waals surface area contributed by atoms with Crippen LogP contribution in [-0.4, -0.2) is 44.5 Å². The van der Waals surface area contributed by atoms with Crippen molar-refractivity contribution in [3.8, 4) is 0 Å². The topological polar surface area (TPSA) is 83.9 Å². The molecule has 3 aromatic rings. The van der Waals surface area contributed by atoms with Crippen LogP contribution in [-0.2, 0) is 19.9 Å². The number of aryl methyl sites for hydroxylation is 1. The van der Waals surface area contributed by atoms with Gasteiger partial charge >= 0.3 is 0 Å². The third-order valence-corrected chi connectivity index (χ3v) is 7.88. The molecular formula is C25H30ClN5O2. The fourth-order valence-corrected chi connectivity index (χ4v) is 6.27. The maximum Gasteiger partial charge on any atom is 0.275 e. The zero-order valence-corrected chi connectivity index (χ0v) is 20.2. The fourth-order valence-electron chi connectivity index (χ4n) is 6.03. The highest BCUT2D eigenvalue weighted by Crippen LogP contribution is 2.53. The van der Waals surface area contributed by atoms with Crippen molar-refractivity contribution in [2.24, 2.45) is 24.3 Å². The first-order valence-corrected chi connectivity index (χ1v) is 12.0. The van der Waals surface area contributed by atoms with Crippen LogP contribution < -0.4 is 11.1 Å². The Morgan fingerprint density at radius 2 is 1.97 bits per heavy atom. The molecule has 1 saturated heterocycles. The molecule has 0 amide bonds. The van der Waals surface area contributed by atoms with Crippen LogP contribution in [0.4, 0.5) is 0 Å². The van der Waals surface area contributed by atoms with Gasteiger partial charge in [-0.1, -0.05) is 24.6 Å². The largest absolute Gasteiger partial charge is 0.302 e. The van der Waals surface area contributed by atoms with E-state index >= 15 is 0 Å². The molecule has 5 rings (SSSR count). The highest BCUT2D eigenvalue weighted by Gasteiger charge is 2.51. The van der Waals surface area contributed by atoms with Crippen molar-refractivity contribution in [2.45, 2.75) is 39.5 Å². The van der Waals surface area contributed by atoms with Crippen LogP contribution in [0.2, 0.25) is 5.02 Å². The highest BCUT2D eigenvalue weighted by atomic mass is 35.5. The summed E-state index contributed by atoms with van der Waals surface area (Å²) in [5.74, 6) is 1.12. The molecule has 7 nitrogen and oxygen atoms in total. The second-order valence-corrected chi connectivity index (χ2v) is 10.8. The molecule has 8 heteroatoms. The number of likely N-dealkylation sites (tertiary alicyclic amines) is 1. The molecule has 1 aliphatic carbocycles. The molecule has 1 aliphatic heterocycles. The fraction of sp³-hybridized carbons (Fsp3) is 0.520. The molecule has 2 aliphatic rings. The molecular weight excluding hydrogens is 438 g/mol. The standard InChI is InChI=1S/C25H30ClN5O2/c1-15(6-19-10-27-29-23(32)16(19)2)12-31-13-25(14-31)8-17(9-25)7-18-4-5-21(26)22-20(18)11-28-30(3)24(22)33/h4-5,10-11,15,17H,6-9,12-14H2,1-3H3,(H,29,32)/t15-/m0/s1. The lowest BCUT2D eigenvalue weighted by Crippen LogP contribution is -2.63. The summed E-state index contributed by atoms with van der Waals surface area (Å²) in [6, 6.07) is 3.90. The van der Waals surface area contributed by atoms with E-state index in [1.165, 1.54) is 23.1 Å². The molecule has 2 aromatic heterocycles. The van der Waals surface area contributed by atoms with Gasteiger partial charge < -0.3 is 4.90 Å². The molecule has 1 aromatic carbocycles. The van der Waals surface area contributed by atoms with E-state index in [4.69, 9.17) is 11.6 Å². The van der Waals surface area contributed by atoms with Crippen molar-refractivity contribution in [3.63, 3.8) is 0 Å². The summed E-state index contributed by atoms with van der Waals surface area (Å²) in [6.45, 7) is 7.48. The zero-order chi connectivity index (χ0) is 23.3. The van der Waals surface area contributed by atoms with E-state index in [9.17, 15) is 9.59 Å². The van der Waals surface area contributed by atoms with Crippen molar-refractivity contribution < 1.29 is 0 Å². The number of halogens is 1. The number of hydrogen-bond acceptors (Lipinski definition) is 5. The van der Waals surface area contributed by atoms with Gasteiger partial charge in [0.15, 0.2) is 0 Å². The SMILES string of the molecule is Cc1c(C[C@H](C)CN2CC3(CC(Cc4ccc(Cl)c5c(=O)n(C)ncc45)C3)C2)cn[nH]c1=O. The number of aromatic nitrogens is 4. The smallest absolute Gasteiger partial charge is 0.275 e. The molecule has 2 fully saturated rings. The summed E-state index contributed by atoms with van der Waals surface area (Å²) in [7, 11) is 1.65. The summed E-state index contributed by atoms with van der Waals surface area (Å²) in [5, 5.41) is 12.6. The van der Waals surface area contributed by atoms with Crippen molar-refractivity contribution in [2.75, 3.05) is 19.6 Å². The molecule has 0 bridgehead atoms. The van der Waals surface area contributed by atoms with Gasteiger partial charge in [-0.25, -0.2) is 9.78 Å². The summed E-state index contributed by atoms with van der Waals surface area (Å²) < 4.78 is 1.34. The van der Waals surface area contributed by atoms with Gasteiger partial charge in [-0.05, 0) is 67.1 Å². The van der Waals surface area contributed by atoms with Crippen LogP contribution in [0.3, 0.4) is 0 Å².